The predicted octanol–water partition coefficient (Wildman–Crippen LogP) is 4.33. The normalized spacial score (nSPS) is 13.4. The molecule has 0 radical (unpaired) electrons. The van der Waals surface area contributed by atoms with Crippen molar-refractivity contribution in [1.29, 1.82) is 0 Å². The predicted molar refractivity (Wildman–Crippen MR) is 79.2 cm³/mol. The quantitative estimate of drug-likeness (QED) is 0.755. The van der Waals surface area contributed by atoms with Crippen molar-refractivity contribution in [2.24, 2.45) is 5.92 Å². The SMILES string of the molecule is CC(C)C(C)c1ccc(CC(=O)OC(C)(C)C)cc1. The zero-order valence-corrected chi connectivity index (χ0v) is 13.0. The highest BCUT2D eigenvalue weighted by Gasteiger charge is 2.16. The molecule has 106 valence electrons. The molecular formula is C17H26O2. The minimum absolute atomic E-state index is 0.169. The van der Waals surface area contributed by atoms with Crippen LogP contribution < -0.4 is 0 Å². The number of hydrogen-bond acceptors (Lipinski definition) is 2. The van der Waals surface area contributed by atoms with Crippen molar-refractivity contribution in [3.05, 3.63) is 35.4 Å². The van der Waals surface area contributed by atoms with E-state index >= 15 is 0 Å². The van der Waals surface area contributed by atoms with Crippen LogP contribution >= 0.6 is 0 Å². The minimum Gasteiger partial charge on any atom is -0.460 e. The first-order valence-corrected chi connectivity index (χ1v) is 6.99. The van der Waals surface area contributed by atoms with Gasteiger partial charge in [0.05, 0.1) is 6.42 Å². The van der Waals surface area contributed by atoms with Crippen molar-refractivity contribution >= 4 is 5.97 Å². The highest BCUT2D eigenvalue weighted by molar-refractivity contribution is 5.73. The number of carbonyl (C=O) groups is 1. The number of hydrogen-bond donors (Lipinski definition) is 0. The maximum Gasteiger partial charge on any atom is 0.310 e. The van der Waals surface area contributed by atoms with Gasteiger partial charge in [0, 0.05) is 0 Å². The number of ether oxygens (including phenoxy) is 1. The second-order valence-corrected chi connectivity index (χ2v) is 6.54. The van der Waals surface area contributed by atoms with Crippen molar-refractivity contribution in [3.8, 4) is 0 Å². The van der Waals surface area contributed by atoms with Crippen LogP contribution in [0.4, 0.5) is 0 Å². The van der Waals surface area contributed by atoms with Crippen LogP contribution in [0.2, 0.25) is 0 Å². The van der Waals surface area contributed by atoms with Crippen molar-refractivity contribution in [3.63, 3.8) is 0 Å². The molecule has 0 fully saturated rings. The molecule has 0 spiro atoms. The number of rotatable bonds is 4. The molecule has 0 aliphatic carbocycles. The van der Waals surface area contributed by atoms with Gasteiger partial charge in [0.15, 0.2) is 0 Å². The molecule has 0 N–H and O–H groups in total. The van der Waals surface area contributed by atoms with E-state index in [1.165, 1.54) is 5.56 Å². The fraction of sp³-hybridized carbons (Fsp3) is 0.588. The van der Waals surface area contributed by atoms with Crippen molar-refractivity contribution < 1.29 is 9.53 Å². The van der Waals surface area contributed by atoms with Crippen LogP contribution in [0.25, 0.3) is 0 Å². The Morgan fingerprint density at radius 2 is 1.63 bits per heavy atom. The average molecular weight is 262 g/mol. The van der Waals surface area contributed by atoms with Crippen LogP contribution in [0.5, 0.6) is 0 Å². The largest absolute Gasteiger partial charge is 0.460 e. The summed E-state index contributed by atoms with van der Waals surface area (Å²) in [5.74, 6) is 0.990. The number of esters is 1. The minimum atomic E-state index is -0.414. The summed E-state index contributed by atoms with van der Waals surface area (Å²) in [5.41, 5.74) is 1.92. The molecule has 0 saturated heterocycles. The van der Waals surface area contributed by atoms with Crippen LogP contribution in [0.1, 0.15) is 58.6 Å². The van der Waals surface area contributed by atoms with E-state index in [1.807, 2.05) is 32.9 Å². The van der Waals surface area contributed by atoms with Gasteiger partial charge in [-0.2, -0.15) is 0 Å². The lowest BCUT2D eigenvalue weighted by molar-refractivity contribution is -0.153. The first kappa shape index (κ1) is 15.7. The highest BCUT2D eigenvalue weighted by atomic mass is 16.6. The van der Waals surface area contributed by atoms with Crippen LogP contribution in [0.15, 0.2) is 24.3 Å². The van der Waals surface area contributed by atoms with E-state index in [9.17, 15) is 4.79 Å². The zero-order valence-electron chi connectivity index (χ0n) is 13.0. The van der Waals surface area contributed by atoms with Gasteiger partial charge < -0.3 is 4.74 Å². The van der Waals surface area contributed by atoms with Gasteiger partial charge in [-0.1, -0.05) is 45.0 Å². The van der Waals surface area contributed by atoms with Crippen LogP contribution in [-0.2, 0) is 16.0 Å². The fourth-order valence-electron chi connectivity index (χ4n) is 1.87. The van der Waals surface area contributed by atoms with E-state index in [2.05, 4.69) is 32.9 Å². The third-order valence-corrected chi connectivity index (χ3v) is 3.27. The van der Waals surface area contributed by atoms with Gasteiger partial charge >= 0.3 is 5.97 Å². The summed E-state index contributed by atoms with van der Waals surface area (Å²) >= 11 is 0. The van der Waals surface area contributed by atoms with Crippen LogP contribution in [-0.4, -0.2) is 11.6 Å². The van der Waals surface area contributed by atoms with Crippen molar-refractivity contribution in [2.45, 2.75) is 59.5 Å². The van der Waals surface area contributed by atoms with Gasteiger partial charge in [-0.25, -0.2) is 0 Å². The summed E-state index contributed by atoms with van der Waals surface area (Å²) < 4.78 is 5.32. The van der Waals surface area contributed by atoms with Crippen molar-refractivity contribution in [2.75, 3.05) is 0 Å². The Morgan fingerprint density at radius 1 is 1.11 bits per heavy atom. The topological polar surface area (TPSA) is 26.3 Å². The molecule has 0 saturated carbocycles. The second kappa shape index (κ2) is 6.23. The number of carbonyl (C=O) groups excluding carboxylic acids is 1. The lowest BCUT2D eigenvalue weighted by Crippen LogP contribution is -2.24. The molecule has 1 aromatic carbocycles. The van der Waals surface area contributed by atoms with Gasteiger partial charge in [-0.15, -0.1) is 0 Å². The van der Waals surface area contributed by atoms with Crippen LogP contribution in [0, 0.1) is 5.92 Å². The van der Waals surface area contributed by atoms with Crippen molar-refractivity contribution in [1.82, 2.24) is 0 Å². The Balaban J connectivity index is 2.65. The van der Waals surface area contributed by atoms with Gasteiger partial charge in [0.2, 0.25) is 0 Å². The summed E-state index contributed by atoms with van der Waals surface area (Å²) in [7, 11) is 0. The molecule has 0 aliphatic heterocycles. The molecule has 1 aromatic rings. The molecule has 0 aromatic heterocycles. The zero-order chi connectivity index (χ0) is 14.6. The Morgan fingerprint density at radius 3 is 2.05 bits per heavy atom. The maximum atomic E-state index is 11.7. The Hall–Kier alpha value is -1.31. The lowest BCUT2D eigenvalue weighted by atomic mass is 9.90. The lowest BCUT2D eigenvalue weighted by Gasteiger charge is -2.20. The van der Waals surface area contributed by atoms with E-state index in [4.69, 9.17) is 4.74 Å². The first-order valence-electron chi connectivity index (χ1n) is 6.99. The average Bonchev–Trinajstić information content (AvgIpc) is 2.26. The van der Waals surface area contributed by atoms with E-state index in [-0.39, 0.29) is 5.97 Å². The van der Waals surface area contributed by atoms with E-state index < -0.39 is 5.60 Å². The standard InChI is InChI=1S/C17H26O2/c1-12(2)13(3)15-9-7-14(8-10-15)11-16(18)19-17(4,5)6/h7-10,12-13H,11H2,1-6H3. The molecular weight excluding hydrogens is 236 g/mol. The summed E-state index contributed by atoms with van der Waals surface area (Å²) in [6, 6.07) is 8.28. The van der Waals surface area contributed by atoms with Gasteiger partial charge in [0.25, 0.3) is 0 Å². The summed E-state index contributed by atoms with van der Waals surface area (Å²) in [6.45, 7) is 12.3. The Bertz CT molecular complexity index is 410. The molecule has 1 rings (SSSR count). The summed E-state index contributed by atoms with van der Waals surface area (Å²) in [6.07, 6.45) is 0.341. The molecule has 2 nitrogen and oxygen atoms in total. The smallest absolute Gasteiger partial charge is 0.310 e. The van der Waals surface area contributed by atoms with Gasteiger partial charge in [0.1, 0.15) is 5.60 Å². The molecule has 0 aliphatic rings. The third kappa shape index (κ3) is 5.46. The molecule has 0 amide bonds. The Kier molecular flexibility index (Phi) is 5.16. The summed E-state index contributed by atoms with van der Waals surface area (Å²) in [4.78, 5) is 11.7. The highest BCUT2D eigenvalue weighted by Crippen LogP contribution is 2.23. The molecule has 0 heterocycles. The van der Waals surface area contributed by atoms with Crippen LogP contribution in [0.3, 0.4) is 0 Å². The van der Waals surface area contributed by atoms with Gasteiger partial charge in [-0.3, -0.25) is 4.79 Å². The Labute approximate surface area is 117 Å². The fourth-order valence-corrected chi connectivity index (χ4v) is 1.87. The summed E-state index contributed by atoms with van der Waals surface area (Å²) in [5, 5.41) is 0. The van der Waals surface area contributed by atoms with E-state index in [1.54, 1.807) is 0 Å². The maximum absolute atomic E-state index is 11.7. The van der Waals surface area contributed by atoms with E-state index in [0.717, 1.165) is 5.56 Å². The third-order valence-electron chi connectivity index (χ3n) is 3.27. The molecule has 19 heavy (non-hydrogen) atoms. The van der Waals surface area contributed by atoms with E-state index in [0.29, 0.717) is 18.3 Å². The molecule has 2 heteroatoms. The monoisotopic (exact) mass is 262 g/mol. The first-order chi connectivity index (χ1) is 8.69. The van der Waals surface area contributed by atoms with Gasteiger partial charge in [-0.05, 0) is 43.7 Å². The molecule has 1 unspecified atom stereocenters. The molecule has 0 bridgehead atoms. The number of benzene rings is 1. The molecule has 1 atom stereocenters. The second-order valence-electron chi connectivity index (χ2n) is 6.54.